The average molecular weight is 293 g/mol. The van der Waals surface area contributed by atoms with E-state index in [1.807, 2.05) is 6.07 Å². The number of tetrazole rings is 1. The lowest BCUT2D eigenvalue weighted by Gasteiger charge is -2.08. The van der Waals surface area contributed by atoms with Gasteiger partial charge in [0.05, 0.1) is 5.69 Å². The fourth-order valence-corrected chi connectivity index (χ4v) is 1.75. The Bertz CT molecular complexity index is 635. The lowest BCUT2D eigenvalue weighted by atomic mass is 10.3. The lowest BCUT2D eigenvalue weighted by Crippen LogP contribution is -2.30. The highest BCUT2D eigenvalue weighted by atomic mass is 32.1. The third-order valence-corrected chi connectivity index (χ3v) is 2.76. The van der Waals surface area contributed by atoms with Crippen molar-refractivity contribution < 1.29 is 4.79 Å². The monoisotopic (exact) mass is 293 g/mol. The van der Waals surface area contributed by atoms with Crippen LogP contribution < -0.4 is 16.4 Å². The third-order valence-electron chi connectivity index (χ3n) is 2.50. The highest BCUT2D eigenvalue weighted by Gasteiger charge is 2.04. The Labute approximate surface area is 120 Å². The van der Waals surface area contributed by atoms with E-state index in [-0.39, 0.29) is 6.03 Å². The molecule has 9 heteroatoms. The largest absolute Gasteiger partial charge is 0.338 e. The molecule has 5 N–H and O–H groups in total. The number of nitrogens with two attached hydrogens (primary N) is 1. The number of hydrogen-bond donors (Lipinski definition) is 4. The van der Waals surface area contributed by atoms with Crippen LogP contribution in [0.4, 0.5) is 10.5 Å². The van der Waals surface area contributed by atoms with E-state index in [2.05, 4.69) is 26.2 Å². The van der Waals surface area contributed by atoms with Crippen LogP contribution in [0.25, 0.3) is 5.69 Å². The van der Waals surface area contributed by atoms with E-state index in [1.165, 1.54) is 4.68 Å². The molecule has 20 heavy (non-hydrogen) atoms. The van der Waals surface area contributed by atoms with Crippen LogP contribution >= 0.6 is 12.2 Å². The number of hydrogen-bond acceptors (Lipinski definition) is 5. The first-order chi connectivity index (χ1) is 9.70. The molecular weight excluding hydrogens is 278 g/mol. The SMILES string of the molecule is NCCCNC(=O)Nc1cccc(-n2[nH]nnc2=S)c1. The maximum Gasteiger partial charge on any atom is 0.319 e. The van der Waals surface area contributed by atoms with Crippen molar-refractivity contribution in [1.29, 1.82) is 0 Å². The second kappa shape index (κ2) is 6.78. The van der Waals surface area contributed by atoms with Crippen molar-refractivity contribution in [2.75, 3.05) is 18.4 Å². The molecule has 0 saturated heterocycles. The number of aromatic amines is 1. The highest BCUT2D eigenvalue weighted by molar-refractivity contribution is 7.71. The second-order valence-electron chi connectivity index (χ2n) is 3.99. The normalized spacial score (nSPS) is 10.2. The molecule has 0 bridgehead atoms. The van der Waals surface area contributed by atoms with Crippen molar-refractivity contribution in [1.82, 2.24) is 25.5 Å². The van der Waals surface area contributed by atoms with Gasteiger partial charge < -0.3 is 16.4 Å². The lowest BCUT2D eigenvalue weighted by molar-refractivity contribution is 0.252. The van der Waals surface area contributed by atoms with E-state index in [1.54, 1.807) is 18.2 Å². The summed E-state index contributed by atoms with van der Waals surface area (Å²) in [6.07, 6.45) is 0.739. The summed E-state index contributed by atoms with van der Waals surface area (Å²) in [6.45, 7) is 1.08. The quantitative estimate of drug-likeness (QED) is 0.481. The van der Waals surface area contributed by atoms with Crippen molar-refractivity contribution in [3.63, 3.8) is 0 Å². The van der Waals surface area contributed by atoms with Gasteiger partial charge in [-0.05, 0) is 43.4 Å². The fourth-order valence-electron chi connectivity index (χ4n) is 1.57. The molecule has 1 aromatic heterocycles. The van der Waals surface area contributed by atoms with Gasteiger partial charge >= 0.3 is 6.03 Å². The minimum atomic E-state index is -0.276. The minimum absolute atomic E-state index is 0.276. The van der Waals surface area contributed by atoms with E-state index in [4.69, 9.17) is 18.0 Å². The number of urea groups is 1. The summed E-state index contributed by atoms with van der Waals surface area (Å²) in [5.41, 5.74) is 6.73. The van der Waals surface area contributed by atoms with Crippen molar-refractivity contribution >= 4 is 23.9 Å². The number of amides is 2. The fraction of sp³-hybridized carbons (Fsp3) is 0.273. The van der Waals surface area contributed by atoms with Crippen molar-refractivity contribution in [2.24, 2.45) is 5.73 Å². The summed E-state index contributed by atoms with van der Waals surface area (Å²) in [6, 6.07) is 6.89. The molecule has 0 spiro atoms. The number of nitrogens with zero attached hydrogens (tertiary/aromatic N) is 3. The Morgan fingerprint density at radius 2 is 2.35 bits per heavy atom. The van der Waals surface area contributed by atoms with Gasteiger partial charge in [-0.3, -0.25) is 0 Å². The first kappa shape index (κ1) is 14.2. The number of rotatable bonds is 5. The van der Waals surface area contributed by atoms with Crippen LogP contribution in [0.1, 0.15) is 6.42 Å². The molecule has 0 fully saturated rings. The number of benzene rings is 1. The van der Waals surface area contributed by atoms with Crippen LogP contribution in [0.5, 0.6) is 0 Å². The zero-order chi connectivity index (χ0) is 14.4. The maximum atomic E-state index is 11.6. The Kier molecular flexibility index (Phi) is 4.80. The van der Waals surface area contributed by atoms with Gasteiger partial charge in [-0.25, -0.2) is 9.48 Å². The molecule has 2 aromatic rings. The zero-order valence-corrected chi connectivity index (χ0v) is 11.5. The molecule has 0 aliphatic carbocycles. The summed E-state index contributed by atoms with van der Waals surface area (Å²) in [5, 5.41) is 15.4. The van der Waals surface area contributed by atoms with Gasteiger partial charge in [0.2, 0.25) is 4.77 Å². The molecule has 0 aliphatic rings. The van der Waals surface area contributed by atoms with Gasteiger partial charge in [-0.15, -0.1) is 0 Å². The first-order valence-corrected chi connectivity index (χ1v) is 6.47. The predicted molar refractivity (Wildman–Crippen MR) is 77.2 cm³/mol. The second-order valence-corrected chi connectivity index (χ2v) is 4.36. The number of carbonyl (C=O) groups is 1. The summed E-state index contributed by atoms with van der Waals surface area (Å²) < 4.78 is 1.85. The number of anilines is 1. The average Bonchev–Trinajstić information content (AvgIpc) is 2.85. The summed E-state index contributed by atoms with van der Waals surface area (Å²) >= 11 is 5.02. The van der Waals surface area contributed by atoms with Crippen molar-refractivity contribution in [3.05, 3.63) is 29.0 Å². The minimum Gasteiger partial charge on any atom is -0.338 e. The number of carbonyl (C=O) groups excluding carboxylic acids is 1. The number of nitrogens with one attached hydrogen (secondary N) is 3. The van der Waals surface area contributed by atoms with Crippen LogP contribution in [0.2, 0.25) is 0 Å². The first-order valence-electron chi connectivity index (χ1n) is 6.06. The Balaban J connectivity index is 2.05. The molecule has 0 radical (unpaired) electrons. The standard InChI is InChI=1S/C11H15N7OS/c12-5-2-6-13-10(19)14-8-3-1-4-9(7-8)18-11(20)15-16-17-18/h1,3-4,7H,2,5-6,12H2,(H2,13,14,19)(H,15,17,20). The van der Waals surface area contributed by atoms with Crippen LogP contribution in [0, 0.1) is 4.77 Å². The third kappa shape index (κ3) is 3.62. The molecule has 106 valence electrons. The highest BCUT2D eigenvalue weighted by Crippen LogP contribution is 2.13. The summed E-state index contributed by atoms with van der Waals surface area (Å²) in [5.74, 6) is 0. The van der Waals surface area contributed by atoms with Crippen LogP contribution in [0.15, 0.2) is 24.3 Å². The molecule has 1 heterocycles. The Hall–Kier alpha value is -2.26. The molecule has 0 atom stereocenters. The van der Waals surface area contributed by atoms with Gasteiger partial charge in [-0.2, -0.15) is 5.21 Å². The van der Waals surface area contributed by atoms with E-state index in [0.29, 0.717) is 23.5 Å². The van der Waals surface area contributed by atoms with Crippen molar-refractivity contribution in [2.45, 2.75) is 6.42 Å². The van der Waals surface area contributed by atoms with Gasteiger partial charge in [-0.1, -0.05) is 16.4 Å². The van der Waals surface area contributed by atoms with E-state index in [0.717, 1.165) is 12.1 Å². The Morgan fingerprint density at radius 1 is 1.50 bits per heavy atom. The molecular formula is C11H15N7OS. The zero-order valence-electron chi connectivity index (χ0n) is 10.7. The Morgan fingerprint density at radius 3 is 3.05 bits per heavy atom. The smallest absolute Gasteiger partial charge is 0.319 e. The summed E-state index contributed by atoms with van der Waals surface area (Å²) in [7, 11) is 0. The van der Waals surface area contributed by atoms with Crippen LogP contribution in [-0.4, -0.2) is 39.3 Å². The molecule has 0 aliphatic heterocycles. The molecule has 2 rings (SSSR count). The van der Waals surface area contributed by atoms with Crippen LogP contribution in [0.3, 0.4) is 0 Å². The van der Waals surface area contributed by atoms with Gasteiger partial charge in [0.15, 0.2) is 0 Å². The molecule has 0 saturated carbocycles. The molecule has 2 amide bonds. The van der Waals surface area contributed by atoms with Gasteiger partial charge in [0, 0.05) is 12.2 Å². The van der Waals surface area contributed by atoms with E-state index < -0.39 is 0 Å². The van der Waals surface area contributed by atoms with Crippen molar-refractivity contribution in [3.8, 4) is 5.69 Å². The topological polar surface area (TPSA) is 114 Å². The summed E-state index contributed by atoms with van der Waals surface area (Å²) in [4.78, 5) is 11.6. The van der Waals surface area contributed by atoms with Gasteiger partial charge in [0.25, 0.3) is 0 Å². The predicted octanol–water partition coefficient (Wildman–Crippen LogP) is 0.795. The van der Waals surface area contributed by atoms with Crippen LogP contribution in [-0.2, 0) is 0 Å². The number of aromatic nitrogens is 4. The van der Waals surface area contributed by atoms with Gasteiger partial charge in [0.1, 0.15) is 0 Å². The number of H-pyrrole nitrogens is 1. The maximum absolute atomic E-state index is 11.6. The molecule has 1 aromatic carbocycles. The molecule has 8 nitrogen and oxygen atoms in total. The molecule has 0 unspecified atom stereocenters. The van der Waals surface area contributed by atoms with E-state index >= 15 is 0 Å². The van der Waals surface area contributed by atoms with E-state index in [9.17, 15) is 4.79 Å².